The lowest BCUT2D eigenvalue weighted by Gasteiger charge is -2.27. The highest BCUT2D eigenvalue weighted by Crippen LogP contribution is 2.43. The number of carbonyl (C=O) groups is 2. The predicted octanol–water partition coefficient (Wildman–Crippen LogP) is 13.8. The summed E-state index contributed by atoms with van der Waals surface area (Å²) in [6.07, 6.45) is 2.56. The van der Waals surface area contributed by atoms with Gasteiger partial charge in [-0.05, 0) is 89.8 Å². The smallest absolute Gasteiger partial charge is 0.265 e. The van der Waals surface area contributed by atoms with Gasteiger partial charge in [0.05, 0.1) is 39.2 Å². The summed E-state index contributed by atoms with van der Waals surface area (Å²) in [5, 5.41) is 1.04. The largest absolute Gasteiger partial charge is 0.354 e. The van der Waals surface area contributed by atoms with E-state index in [1.54, 1.807) is 30.3 Å². The van der Waals surface area contributed by atoms with Crippen LogP contribution < -0.4 is 4.90 Å². The van der Waals surface area contributed by atoms with E-state index in [-0.39, 0.29) is 72.4 Å². The molecule has 9 aromatic rings. The van der Waals surface area contributed by atoms with E-state index in [1.165, 1.54) is 72.8 Å². The second-order valence-corrected chi connectivity index (χ2v) is 16.3. The highest BCUT2D eigenvalue weighted by atomic mass is 79.9. The fourth-order valence-electron chi connectivity index (χ4n) is 8.72. The standard InChI is InChI=1S/C49H20BrF10N5O2/c50-23-8-7-22-33-20(23)5-2-6-21(33)48(66)65(49(22)67)19-4-1-3-18(17-19)32-26-13-15-30(63-26)34(36-38(51)42(55)46(59)43(56)39(36)52)28-11-9-24(61-28)25-10-12-29(62-25)35(31-16-14-27(32)64-31)37-40(53)44(57)47(60)45(58)41(37)54/h1-17,61-63H. The van der Waals surface area contributed by atoms with E-state index < -0.39 is 92.2 Å². The van der Waals surface area contributed by atoms with Gasteiger partial charge in [-0.15, -0.1) is 0 Å². The number of rotatable bonds is 4. The van der Waals surface area contributed by atoms with Gasteiger partial charge in [-0.2, -0.15) is 0 Å². The normalized spacial score (nSPS) is 13.0. The molecular weight excluding hydrogens is 960 g/mol. The minimum atomic E-state index is -2.41. The first-order valence-corrected chi connectivity index (χ1v) is 20.5. The summed E-state index contributed by atoms with van der Waals surface area (Å²) in [5.74, 6) is -23.8. The van der Waals surface area contributed by atoms with Gasteiger partial charge in [0.15, 0.2) is 46.5 Å². The molecule has 2 aliphatic rings. The van der Waals surface area contributed by atoms with Gasteiger partial charge in [-0.1, -0.05) is 40.2 Å². The molecule has 0 aliphatic carbocycles. The Morgan fingerprint density at radius 2 is 0.866 bits per heavy atom. The summed E-state index contributed by atoms with van der Waals surface area (Å²) in [4.78, 5) is 42.7. The number of anilines is 1. The second-order valence-electron chi connectivity index (χ2n) is 15.4. The molecule has 11 rings (SSSR count). The van der Waals surface area contributed by atoms with Crippen LogP contribution in [0.1, 0.15) is 32.1 Å². The lowest BCUT2D eigenvalue weighted by atomic mass is 9.93. The first kappa shape index (κ1) is 41.7. The molecule has 330 valence electrons. The highest BCUT2D eigenvalue weighted by Gasteiger charge is 2.35. The first-order valence-electron chi connectivity index (χ1n) is 19.7. The number of H-pyrrole nitrogens is 3. The van der Waals surface area contributed by atoms with Crippen molar-refractivity contribution < 1.29 is 53.5 Å². The molecule has 0 atom stereocenters. The molecule has 0 unspecified atom stereocenters. The SMILES string of the molecule is O=C1c2cccc3c(Br)ccc(c23)C(=O)N1c1cccc(-c2c3nc(c(-c4c(F)c(F)c(F)c(F)c4F)c4ccc([nH]4)c4ccc([nH]4)c(-c4c(F)c(F)c(F)c(F)c4F)c4ccc2[nH]4)C=C3)c1. The molecule has 5 aromatic carbocycles. The van der Waals surface area contributed by atoms with Gasteiger partial charge in [0.1, 0.15) is 0 Å². The highest BCUT2D eigenvalue weighted by molar-refractivity contribution is 9.10. The van der Waals surface area contributed by atoms with Gasteiger partial charge in [0.2, 0.25) is 11.6 Å². The Morgan fingerprint density at radius 1 is 0.433 bits per heavy atom. The number of amides is 2. The Labute approximate surface area is 376 Å². The van der Waals surface area contributed by atoms with E-state index in [2.05, 4.69) is 35.9 Å². The van der Waals surface area contributed by atoms with Crippen LogP contribution in [0.4, 0.5) is 49.6 Å². The fraction of sp³-hybridized carbons (Fsp3) is 0. The average molecular weight is 981 g/mol. The molecule has 0 saturated carbocycles. The zero-order chi connectivity index (χ0) is 46.9. The molecule has 6 heterocycles. The number of nitrogens with zero attached hydrogens (tertiary/aromatic N) is 2. The number of hydrogen-bond donors (Lipinski definition) is 3. The zero-order valence-corrected chi connectivity index (χ0v) is 34.8. The van der Waals surface area contributed by atoms with Crippen LogP contribution >= 0.6 is 15.9 Å². The molecule has 0 spiro atoms. The first-order chi connectivity index (χ1) is 32.1. The number of nitrogens with one attached hydrogen (secondary N) is 3. The third-order valence-electron chi connectivity index (χ3n) is 11.7. The average Bonchev–Trinajstić information content (AvgIpc) is 4.18. The molecule has 7 nitrogen and oxygen atoms in total. The maximum Gasteiger partial charge on any atom is 0.265 e. The maximum atomic E-state index is 15.8. The van der Waals surface area contributed by atoms with Crippen LogP contribution in [0.25, 0.3) is 89.4 Å². The molecule has 0 saturated heterocycles. The topological polar surface area (TPSA) is 97.6 Å². The van der Waals surface area contributed by atoms with Crippen molar-refractivity contribution in [2.45, 2.75) is 0 Å². The summed E-state index contributed by atoms with van der Waals surface area (Å²) < 4.78 is 153. The minimum absolute atomic E-state index is 0.0236. The number of fused-ring (bicyclic) bond motifs is 9. The number of benzene rings is 5. The van der Waals surface area contributed by atoms with Gasteiger partial charge >= 0.3 is 0 Å². The van der Waals surface area contributed by atoms with Crippen molar-refractivity contribution in [1.29, 1.82) is 0 Å². The molecule has 67 heavy (non-hydrogen) atoms. The van der Waals surface area contributed by atoms with Crippen LogP contribution in [0, 0.1) is 58.2 Å². The molecule has 0 fully saturated rings. The van der Waals surface area contributed by atoms with E-state index >= 15 is 17.6 Å². The molecule has 2 amide bonds. The van der Waals surface area contributed by atoms with Crippen molar-refractivity contribution in [2.75, 3.05) is 4.90 Å². The van der Waals surface area contributed by atoms with Crippen molar-refractivity contribution in [1.82, 2.24) is 19.9 Å². The Balaban J connectivity index is 1.25. The predicted molar refractivity (Wildman–Crippen MR) is 234 cm³/mol. The summed E-state index contributed by atoms with van der Waals surface area (Å²) in [6.45, 7) is 0. The lowest BCUT2D eigenvalue weighted by Crippen LogP contribution is -2.40. The van der Waals surface area contributed by atoms with E-state index in [0.29, 0.717) is 15.2 Å². The Morgan fingerprint density at radius 3 is 1.43 bits per heavy atom. The van der Waals surface area contributed by atoms with Gasteiger partial charge < -0.3 is 15.0 Å². The number of aromatic amines is 3. The minimum Gasteiger partial charge on any atom is -0.354 e. The number of halogens is 11. The molecule has 18 heteroatoms. The van der Waals surface area contributed by atoms with E-state index in [9.17, 15) is 35.9 Å². The van der Waals surface area contributed by atoms with Crippen LogP contribution in [0.5, 0.6) is 0 Å². The number of hydrogen-bond acceptors (Lipinski definition) is 3. The molecule has 4 aromatic heterocycles. The van der Waals surface area contributed by atoms with Crippen LogP contribution in [0.2, 0.25) is 0 Å². The number of imide groups is 1. The summed E-state index contributed by atoms with van der Waals surface area (Å²) >= 11 is 3.47. The number of carbonyl (C=O) groups excluding carboxylic acids is 2. The van der Waals surface area contributed by atoms with Crippen LogP contribution in [-0.2, 0) is 0 Å². The molecule has 3 N–H and O–H groups in total. The third kappa shape index (κ3) is 6.08. The summed E-state index contributed by atoms with van der Waals surface area (Å²) in [6, 6.07) is 21.9. The van der Waals surface area contributed by atoms with Gasteiger partial charge in [0, 0.05) is 59.7 Å². The molecule has 8 bridgehead atoms. The van der Waals surface area contributed by atoms with Crippen molar-refractivity contribution >= 4 is 89.5 Å². The fourth-order valence-corrected chi connectivity index (χ4v) is 9.19. The van der Waals surface area contributed by atoms with E-state index in [1.807, 2.05) is 0 Å². The Kier molecular flexibility index (Phi) is 9.35. The van der Waals surface area contributed by atoms with Crippen molar-refractivity contribution in [2.24, 2.45) is 0 Å². The van der Waals surface area contributed by atoms with E-state index in [4.69, 9.17) is 0 Å². The van der Waals surface area contributed by atoms with Crippen molar-refractivity contribution in [3.63, 3.8) is 0 Å². The summed E-state index contributed by atoms with van der Waals surface area (Å²) in [5.41, 5.74) is -3.98. The van der Waals surface area contributed by atoms with Crippen LogP contribution in [-0.4, -0.2) is 31.8 Å². The van der Waals surface area contributed by atoms with Crippen LogP contribution in [0.15, 0.2) is 95.5 Å². The molecule has 0 radical (unpaired) electrons. The van der Waals surface area contributed by atoms with Crippen molar-refractivity contribution in [3.8, 4) is 33.4 Å². The van der Waals surface area contributed by atoms with E-state index in [0.717, 1.165) is 4.90 Å². The third-order valence-corrected chi connectivity index (χ3v) is 12.4. The second kappa shape index (κ2) is 15.0. The van der Waals surface area contributed by atoms with Gasteiger partial charge in [-0.25, -0.2) is 53.8 Å². The van der Waals surface area contributed by atoms with Crippen LogP contribution in [0.3, 0.4) is 0 Å². The number of aromatic nitrogens is 4. The maximum absolute atomic E-state index is 15.8. The Hall–Kier alpha value is -7.99. The lowest BCUT2D eigenvalue weighted by molar-refractivity contribution is 0.0893. The quantitative estimate of drug-likeness (QED) is 0.0709. The summed E-state index contributed by atoms with van der Waals surface area (Å²) in [7, 11) is 0. The van der Waals surface area contributed by atoms with Crippen molar-refractivity contribution in [3.05, 3.63) is 176 Å². The molecule has 2 aliphatic heterocycles. The Bertz CT molecular complexity index is 3830. The monoisotopic (exact) mass is 979 g/mol. The zero-order valence-electron chi connectivity index (χ0n) is 33.2. The van der Waals surface area contributed by atoms with Gasteiger partial charge in [-0.3, -0.25) is 9.59 Å². The molecular formula is C49H20BrF10N5O2. The van der Waals surface area contributed by atoms with Gasteiger partial charge in [0.25, 0.3) is 11.8 Å².